The van der Waals surface area contributed by atoms with Crippen LogP contribution in [0.3, 0.4) is 0 Å². The van der Waals surface area contributed by atoms with Crippen molar-refractivity contribution in [2.45, 2.75) is 51.2 Å². The Labute approximate surface area is 171 Å². The van der Waals surface area contributed by atoms with Crippen molar-refractivity contribution < 1.29 is 22.8 Å². The predicted molar refractivity (Wildman–Crippen MR) is 110 cm³/mol. The second-order valence-electron chi connectivity index (χ2n) is 8.51. The molecule has 0 bridgehead atoms. The molecule has 1 N–H and O–H groups in total. The summed E-state index contributed by atoms with van der Waals surface area (Å²) in [6.45, 7) is 3.09. The van der Waals surface area contributed by atoms with E-state index >= 15 is 0 Å². The molecule has 29 heavy (non-hydrogen) atoms. The molecule has 3 aliphatic heterocycles. The van der Waals surface area contributed by atoms with E-state index in [4.69, 9.17) is 9.57 Å². The number of hydrogen-bond donors (Lipinski definition) is 1. The maximum atomic E-state index is 13.2. The third kappa shape index (κ3) is 4.64. The summed E-state index contributed by atoms with van der Waals surface area (Å²) in [5.74, 6) is 0.106. The zero-order valence-electron chi connectivity index (χ0n) is 16.7. The Morgan fingerprint density at radius 3 is 2.62 bits per heavy atom. The van der Waals surface area contributed by atoms with E-state index in [-0.39, 0.29) is 29.6 Å². The van der Waals surface area contributed by atoms with E-state index in [0.717, 1.165) is 11.3 Å². The van der Waals surface area contributed by atoms with E-state index in [0.29, 0.717) is 45.3 Å². The normalized spacial score (nSPS) is 27.8. The molecule has 1 aromatic rings. The Balaban J connectivity index is 1.42. The minimum atomic E-state index is -3.04. The molecule has 1 aromatic carbocycles. The van der Waals surface area contributed by atoms with Crippen molar-refractivity contribution in [3.63, 3.8) is 0 Å². The Hall–Kier alpha value is -1.93. The molecule has 2 saturated heterocycles. The summed E-state index contributed by atoms with van der Waals surface area (Å²) < 4.78 is 29.0. The van der Waals surface area contributed by atoms with Crippen molar-refractivity contribution in [3.05, 3.63) is 35.4 Å². The molecule has 2 fully saturated rings. The molecule has 0 radical (unpaired) electrons. The van der Waals surface area contributed by atoms with Crippen LogP contribution in [0.15, 0.2) is 29.4 Å². The van der Waals surface area contributed by atoms with E-state index in [9.17, 15) is 13.2 Å². The standard InChI is InChI=1S/C21H28N2O5S/c1-15-2-4-16(5-3-15)19-12-18(28-23-19)13-21(7-9-27-10-8-21)20(24)22-17-6-11-29(25,26)14-17/h2-5,17-18H,6-14H2,1H3,(H,22,24)/t17-,18+/m0/s1. The predicted octanol–water partition coefficient (Wildman–Crippen LogP) is 1.98. The van der Waals surface area contributed by atoms with Crippen LogP contribution in [0.5, 0.6) is 0 Å². The van der Waals surface area contributed by atoms with Gasteiger partial charge in [0, 0.05) is 32.1 Å². The zero-order valence-corrected chi connectivity index (χ0v) is 17.5. The van der Waals surface area contributed by atoms with Crippen LogP contribution in [0.4, 0.5) is 0 Å². The van der Waals surface area contributed by atoms with Gasteiger partial charge in [-0.2, -0.15) is 0 Å². The highest BCUT2D eigenvalue weighted by Crippen LogP contribution is 2.39. The van der Waals surface area contributed by atoms with E-state index in [2.05, 4.69) is 10.5 Å². The summed E-state index contributed by atoms with van der Waals surface area (Å²) in [5, 5.41) is 7.27. The summed E-state index contributed by atoms with van der Waals surface area (Å²) in [6.07, 6.45) is 2.76. The molecule has 7 nitrogen and oxygen atoms in total. The first kappa shape index (κ1) is 20.3. The number of nitrogens with one attached hydrogen (secondary N) is 1. The van der Waals surface area contributed by atoms with Crippen LogP contribution in [-0.2, 0) is 24.2 Å². The fraction of sp³-hybridized carbons (Fsp3) is 0.619. The van der Waals surface area contributed by atoms with Gasteiger partial charge in [-0.1, -0.05) is 35.0 Å². The lowest BCUT2D eigenvalue weighted by atomic mass is 9.74. The third-order valence-electron chi connectivity index (χ3n) is 6.24. The number of oxime groups is 1. The number of carbonyl (C=O) groups excluding carboxylic acids is 1. The Bertz CT molecular complexity index is 888. The zero-order chi connectivity index (χ0) is 20.5. The fourth-order valence-electron chi connectivity index (χ4n) is 4.42. The SMILES string of the molecule is Cc1ccc(C2=NO[C@@H](CC3(C(=O)N[C@H]4CCS(=O)(=O)C4)CCOCC3)C2)cc1. The van der Waals surface area contributed by atoms with Gasteiger partial charge >= 0.3 is 0 Å². The van der Waals surface area contributed by atoms with Crippen LogP contribution in [0.25, 0.3) is 0 Å². The quantitative estimate of drug-likeness (QED) is 0.786. The average molecular weight is 421 g/mol. The highest BCUT2D eigenvalue weighted by atomic mass is 32.2. The summed E-state index contributed by atoms with van der Waals surface area (Å²) in [4.78, 5) is 18.9. The average Bonchev–Trinajstić information content (AvgIpc) is 3.29. The van der Waals surface area contributed by atoms with Crippen LogP contribution in [0.1, 0.15) is 43.2 Å². The molecule has 0 saturated carbocycles. The fourth-order valence-corrected chi connectivity index (χ4v) is 6.10. The lowest BCUT2D eigenvalue weighted by Crippen LogP contribution is -2.50. The van der Waals surface area contributed by atoms with Gasteiger partial charge in [0.25, 0.3) is 0 Å². The molecule has 2 atom stereocenters. The van der Waals surface area contributed by atoms with Gasteiger partial charge in [0.1, 0.15) is 6.10 Å². The number of hydrogen-bond acceptors (Lipinski definition) is 6. The number of aryl methyl sites for hydroxylation is 1. The molecular formula is C21H28N2O5S. The number of rotatable bonds is 5. The van der Waals surface area contributed by atoms with Gasteiger partial charge in [-0.15, -0.1) is 0 Å². The number of nitrogens with zero attached hydrogens (tertiary/aromatic N) is 1. The Morgan fingerprint density at radius 1 is 1.24 bits per heavy atom. The first-order chi connectivity index (χ1) is 13.9. The maximum Gasteiger partial charge on any atom is 0.226 e. The number of benzene rings is 1. The van der Waals surface area contributed by atoms with E-state index in [1.54, 1.807) is 0 Å². The van der Waals surface area contributed by atoms with Crippen LogP contribution in [0, 0.1) is 12.3 Å². The number of ether oxygens (including phenoxy) is 1. The van der Waals surface area contributed by atoms with Crippen molar-refractivity contribution in [1.82, 2.24) is 5.32 Å². The van der Waals surface area contributed by atoms with Crippen molar-refractivity contribution in [2.75, 3.05) is 24.7 Å². The van der Waals surface area contributed by atoms with Gasteiger partial charge in [0.15, 0.2) is 9.84 Å². The maximum absolute atomic E-state index is 13.2. The molecule has 1 amide bonds. The number of sulfone groups is 1. The first-order valence-electron chi connectivity index (χ1n) is 10.2. The Morgan fingerprint density at radius 2 is 1.97 bits per heavy atom. The molecule has 4 rings (SSSR count). The summed E-state index contributed by atoms with van der Waals surface area (Å²) in [7, 11) is -3.04. The summed E-state index contributed by atoms with van der Waals surface area (Å²) in [5.41, 5.74) is 2.53. The van der Waals surface area contributed by atoms with Gasteiger partial charge in [0.2, 0.25) is 5.91 Å². The smallest absolute Gasteiger partial charge is 0.226 e. The van der Waals surface area contributed by atoms with E-state index in [1.165, 1.54) is 5.56 Å². The number of carbonyl (C=O) groups is 1. The lowest BCUT2D eigenvalue weighted by Gasteiger charge is -2.37. The van der Waals surface area contributed by atoms with Crippen molar-refractivity contribution in [3.8, 4) is 0 Å². The first-order valence-corrected chi connectivity index (χ1v) is 12.1. The van der Waals surface area contributed by atoms with Crippen LogP contribution in [-0.4, -0.2) is 56.9 Å². The van der Waals surface area contributed by atoms with Crippen molar-refractivity contribution in [2.24, 2.45) is 10.6 Å². The largest absolute Gasteiger partial charge is 0.392 e. The van der Waals surface area contributed by atoms with Crippen molar-refractivity contribution in [1.29, 1.82) is 0 Å². The number of amides is 1. The molecule has 3 aliphatic rings. The minimum Gasteiger partial charge on any atom is -0.392 e. The third-order valence-corrected chi connectivity index (χ3v) is 8.00. The molecule has 0 aliphatic carbocycles. The highest BCUT2D eigenvalue weighted by molar-refractivity contribution is 7.91. The van der Waals surface area contributed by atoms with Crippen molar-refractivity contribution >= 4 is 21.5 Å². The van der Waals surface area contributed by atoms with E-state index in [1.807, 2.05) is 31.2 Å². The summed E-state index contributed by atoms with van der Waals surface area (Å²) >= 11 is 0. The topological polar surface area (TPSA) is 94.1 Å². The van der Waals surface area contributed by atoms with Gasteiger partial charge in [0.05, 0.1) is 22.6 Å². The minimum absolute atomic E-state index is 0.0337. The van der Waals surface area contributed by atoms with Gasteiger partial charge in [-0.05, 0) is 31.7 Å². The van der Waals surface area contributed by atoms with Gasteiger partial charge in [-0.3, -0.25) is 4.79 Å². The van der Waals surface area contributed by atoms with E-state index < -0.39 is 15.3 Å². The molecule has 0 spiro atoms. The monoisotopic (exact) mass is 420 g/mol. The highest BCUT2D eigenvalue weighted by Gasteiger charge is 2.45. The van der Waals surface area contributed by atoms with Gasteiger partial charge < -0.3 is 14.9 Å². The molecular weight excluding hydrogens is 392 g/mol. The molecule has 3 heterocycles. The van der Waals surface area contributed by atoms with Crippen LogP contribution >= 0.6 is 0 Å². The molecule has 0 unspecified atom stereocenters. The lowest BCUT2D eigenvalue weighted by molar-refractivity contribution is -0.140. The molecule has 158 valence electrons. The molecule has 0 aromatic heterocycles. The van der Waals surface area contributed by atoms with Crippen LogP contribution in [0.2, 0.25) is 0 Å². The van der Waals surface area contributed by atoms with Crippen LogP contribution < -0.4 is 5.32 Å². The van der Waals surface area contributed by atoms with Gasteiger partial charge in [-0.25, -0.2) is 8.42 Å². The Kier molecular flexibility index (Phi) is 5.66. The molecule has 8 heteroatoms. The summed E-state index contributed by atoms with van der Waals surface area (Å²) in [6, 6.07) is 7.88. The second kappa shape index (κ2) is 8.07. The second-order valence-corrected chi connectivity index (χ2v) is 10.7.